The van der Waals surface area contributed by atoms with Gasteiger partial charge in [0.25, 0.3) is 0 Å². The number of furan rings is 1. The summed E-state index contributed by atoms with van der Waals surface area (Å²) in [5.74, 6) is 2.94. The molecule has 3 aromatic rings. The van der Waals surface area contributed by atoms with Crippen LogP contribution in [0.1, 0.15) is 29.6 Å². The molecular weight excluding hydrogens is 322 g/mol. The maximum Gasteiger partial charge on any atom is 0.152 e. The van der Waals surface area contributed by atoms with Crippen LogP contribution in [0.2, 0.25) is 0 Å². The van der Waals surface area contributed by atoms with Crippen molar-refractivity contribution in [1.29, 1.82) is 0 Å². The minimum absolute atomic E-state index is 0.355. The Kier molecular flexibility index (Phi) is 4.44. The minimum atomic E-state index is 0.355. The molecule has 3 aromatic heterocycles. The second-order valence-corrected chi connectivity index (χ2v) is 7.01. The molecule has 0 fully saturated rings. The topological polar surface area (TPSA) is 73.7 Å². The van der Waals surface area contributed by atoms with Crippen LogP contribution in [0.15, 0.2) is 35.1 Å². The van der Waals surface area contributed by atoms with Crippen LogP contribution in [0, 0.1) is 0 Å². The smallest absolute Gasteiger partial charge is 0.152 e. The van der Waals surface area contributed by atoms with Gasteiger partial charge < -0.3 is 9.40 Å². The summed E-state index contributed by atoms with van der Waals surface area (Å²) in [5.41, 5.74) is 3.40. The van der Waals surface area contributed by atoms with Gasteiger partial charge in [0.15, 0.2) is 5.76 Å². The van der Waals surface area contributed by atoms with E-state index >= 15 is 0 Å². The van der Waals surface area contributed by atoms with E-state index < -0.39 is 0 Å². The lowest BCUT2D eigenvalue weighted by Crippen LogP contribution is -2.35. The minimum Gasteiger partial charge on any atom is -0.458 e. The molecule has 0 spiro atoms. The second kappa shape index (κ2) is 6.86. The number of nitrogens with zero attached hydrogens (tertiary/aromatic N) is 3. The van der Waals surface area contributed by atoms with Crippen LogP contribution in [-0.4, -0.2) is 43.6 Å². The monoisotopic (exact) mass is 343 g/mol. The van der Waals surface area contributed by atoms with Crippen LogP contribution in [0.5, 0.6) is 0 Å². The SMILES string of the molecule is CSCC[C@@H]1c2nc[nH]c2CCN1Cc1ccc(-c2ccn[nH]2)o1. The molecule has 4 heterocycles. The summed E-state index contributed by atoms with van der Waals surface area (Å²) < 4.78 is 6.01. The summed E-state index contributed by atoms with van der Waals surface area (Å²) in [6.07, 6.45) is 7.83. The number of rotatable bonds is 6. The molecule has 24 heavy (non-hydrogen) atoms. The largest absolute Gasteiger partial charge is 0.458 e. The highest BCUT2D eigenvalue weighted by molar-refractivity contribution is 7.98. The van der Waals surface area contributed by atoms with Crippen LogP contribution < -0.4 is 0 Å². The van der Waals surface area contributed by atoms with Gasteiger partial charge in [0.05, 0.1) is 24.6 Å². The predicted molar refractivity (Wildman–Crippen MR) is 94.7 cm³/mol. The van der Waals surface area contributed by atoms with E-state index in [0.29, 0.717) is 6.04 Å². The Morgan fingerprint density at radius 2 is 2.33 bits per heavy atom. The first-order valence-corrected chi connectivity index (χ1v) is 9.58. The highest BCUT2D eigenvalue weighted by atomic mass is 32.2. The van der Waals surface area contributed by atoms with Crippen molar-refractivity contribution in [3.05, 3.63) is 47.9 Å². The molecule has 7 heteroatoms. The lowest BCUT2D eigenvalue weighted by Gasteiger charge is -2.34. The number of H-pyrrole nitrogens is 2. The number of hydrogen-bond donors (Lipinski definition) is 2. The molecule has 0 saturated heterocycles. The van der Waals surface area contributed by atoms with E-state index in [9.17, 15) is 0 Å². The van der Waals surface area contributed by atoms with E-state index in [2.05, 4.69) is 37.4 Å². The van der Waals surface area contributed by atoms with Crippen molar-refractivity contribution >= 4 is 11.8 Å². The van der Waals surface area contributed by atoms with Crippen LogP contribution >= 0.6 is 11.8 Å². The molecule has 0 aliphatic carbocycles. The third-order valence-electron chi connectivity index (χ3n) is 4.54. The zero-order valence-electron chi connectivity index (χ0n) is 13.7. The van der Waals surface area contributed by atoms with Crippen LogP contribution in [0.4, 0.5) is 0 Å². The first-order chi connectivity index (χ1) is 11.8. The highest BCUT2D eigenvalue weighted by Gasteiger charge is 2.29. The van der Waals surface area contributed by atoms with Crippen LogP contribution in [0.25, 0.3) is 11.5 Å². The summed E-state index contributed by atoms with van der Waals surface area (Å²) in [4.78, 5) is 10.4. The molecule has 1 aliphatic heterocycles. The van der Waals surface area contributed by atoms with Crippen molar-refractivity contribution < 1.29 is 4.42 Å². The Bertz CT molecular complexity index is 779. The number of thioether (sulfide) groups is 1. The van der Waals surface area contributed by atoms with Crippen molar-refractivity contribution in [2.45, 2.75) is 25.4 Å². The third kappa shape index (κ3) is 3.01. The lowest BCUT2D eigenvalue weighted by molar-refractivity contribution is 0.156. The number of fused-ring (bicyclic) bond motifs is 1. The highest BCUT2D eigenvalue weighted by Crippen LogP contribution is 2.32. The van der Waals surface area contributed by atoms with Crippen LogP contribution in [0.3, 0.4) is 0 Å². The molecule has 0 radical (unpaired) electrons. The molecule has 2 N–H and O–H groups in total. The average Bonchev–Trinajstić information content (AvgIpc) is 3.33. The summed E-state index contributed by atoms with van der Waals surface area (Å²) in [6, 6.07) is 6.33. The van der Waals surface area contributed by atoms with Gasteiger partial charge in [-0.15, -0.1) is 0 Å². The summed E-state index contributed by atoms with van der Waals surface area (Å²) in [6.45, 7) is 1.83. The van der Waals surface area contributed by atoms with Gasteiger partial charge in [-0.2, -0.15) is 16.9 Å². The van der Waals surface area contributed by atoms with Gasteiger partial charge in [-0.1, -0.05) is 0 Å². The van der Waals surface area contributed by atoms with Crippen molar-refractivity contribution in [1.82, 2.24) is 25.1 Å². The number of nitrogens with one attached hydrogen (secondary N) is 2. The first kappa shape index (κ1) is 15.5. The zero-order valence-corrected chi connectivity index (χ0v) is 14.5. The Morgan fingerprint density at radius 3 is 3.17 bits per heavy atom. The number of hydrogen-bond acceptors (Lipinski definition) is 5. The second-order valence-electron chi connectivity index (χ2n) is 6.02. The molecular formula is C17H21N5OS. The maximum atomic E-state index is 6.01. The molecule has 1 aliphatic rings. The Morgan fingerprint density at radius 1 is 1.38 bits per heavy atom. The fraction of sp³-hybridized carbons (Fsp3) is 0.412. The molecule has 4 rings (SSSR count). The number of aromatic nitrogens is 4. The van der Waals surface area contributed by atoms with Gasteiger partial charge in [0.1, 0.15) is 11.5 Å². The van der Waals surface area contributed by atoms with E-state index in [1.54, 1.807) is 6.20 Å². The molecule has 0 amide bonds. The number of imidazole rings is 1. The Labute approximate surface area is 145 Å². The van der Waals surface area contributed by atoms with Gasteiger partial charge >= 0.3 is 0 Å². The molecule has 0 unspecified atom stereocenters. The van der Waals surface area contributed by atoms with Crippen molar-refractivity contribution in [2.75, 3.05) is 18.6 Å². The van der Waals surface area contributed by atoms with Crippen molar-refractivity contribution in [2.24, 2.45) is 0 Å². The van der Waals surface area contributed by atoms with E-state index in [0.717, 1.165) is 48.9 Å². The van der Waals surface area contributed by atoms with Gasteiger partial charge in [0.2, 0.25) is 0 Å². The Balaban J connectivity index is 1.52. The van der Waals surface area contributed by atoms with Crippen molar-refractivity contribution in [3.63, 3.8) is 0 Å². The number of aromatic amines is 2. The fourth-order valence-electron chi connectivity index (χ4n) is 3.34. The zero-order chi connectivity index (χ0) is 16.4. The van der Waals surface area contributed by atoms with E-state index in [1.807, 2.05) is 30.2 Å². The molecule has 0 aromatic carbocycles. The fourth-order valence-corrected chi connectivity index (χ4v) is 3.80. The molecule has 126 valence electrons. The standard InChI is InChI=1S/C17H21N5OS/c1-24-9-6-15-17-14(18-11-19-17)5-8-22(15)10-12-2-3-16(23-12)13-4-7-20-21-13/h2-4,7,11,15H,5-6,8-10H2,1H3,(H,18,19)(H,20,21)/t15-/m1/s1. The van der Waals surface area contributed by atoms with E-state index in [1.165, 1.54) is 11.4 Å². The van der Waals surface area contributed by atoms with Gasteiger partial charge in [-0.25, -0.2) is 4.98 Å². The van der Waals surface area contributed by atoms with Gasteiger partial charge in [-0.3, -0.25) is 10.00 Å². The van der Waals surface area contributed by atoms with Gasteiger partial charge in [0, 0.05) is 24.9 Å². The maximum absolute atomic E-state index is 6.01. The normalized spacial score (nSPS) is 18.0. The molecule has 6 nitrogen and oxygen atoms in total. The average molecular weight is 343 g/mol. The van der Waals surface area contributed by atoms with Crippen LogP contribution in [-0.2, 0) is 13.0 Å². The quantitative estimate of drug-likeness (QED) is 0.719. The van der Waals surface area contributed by atoms with E-state index in [4.69, 9.17) is 4.42 Å². The van der Waals surface area contributed by atoms with Crippen molar-refractivity contribution in [3.8, 4) is 11.5 Å². The first-order valence-electron chi connectivity index (χ1n) is 8.18. The molecule has 0 bridgehead atoms. The predicted octanol–water partition coefficient (Wildman–Crippen LogP) is 3.25. The molecule has 0 saturated carbocycles. The Hall–Kier alpha value is -1.99. The van der Waals surface area contributed by atoms with E-state index in [-0.39, 0.29) is 0 Å². The summed E-state index contributed by atoms with van der Waals surface area (Å²) in [7, 11) is 0. The summed E-state index contributed by atoms with van der Waals surface area (Å²) in [5, 5.41) is 6.92. The third-order valence-corrected chi connectivity index (χ3v) is 5.18. The summed E-state index contributed by atoms with van der Waals surface area (Å²) >= 11 is 1.88. The lowest BCUT2D eigenvalue weighted by atomic mass is 10.0. The van der Waals surface area contributed by atoms with Gasteiger partial charge in [-0.05, 0) is 36.6 Å². The molecule has 1 atom stereocenters.